The van der Waals surface area contributed by atoms with Crippen LogP contribution in [-0.2, 0) is 11.8 Å². The van der Waals surface area contributed by atoms with Crippen LogP contribution in [0.25, 0.3) is 0 Å². The largest absolute Gasteiger partial charge is 0.395 e. The molecule has 0 spiro atoms. The molecular weight excluding hydrogens is 375 g/mol. The van der Waals surface area contributed by atoms with Crippen LogP contribution in [0.4, 0.5) is 0 Å². The van der Waals surface area contributed by atoms with Crippen molar-refractivity contribution in [3.63, 3.8) is 0 Å². The molecule has 21 heavy (non-hydrogen) atoms. The quantitative estimate of drug-likeness (QED) is 0.803. The van der Waals surface area contributed by atoms with Crippen LogP contribution in [0, 0.1) is 0 Å². The monoisotopic (exact) mass is 388 g/mol. The Bertz CT molecular complexity index is 610. The summed E-state index contributed by atoms with van der Waals surface area (Å²) in [5, 5.41) is 20.7. The van der Waals surface area contributed by atoms with Crippen LogP contribution < -0.4 is 0 Å². The third-order valence-electron chi connectivity index (χ3n) is 3.62. The summed E-state index contributed by atoms with van der Waals surface area (Å²) in [6, 6.07) is 12.9. The molecule has 0 saturated heterocycles. The molecule has 0 aliphatic carbocycles. The van der Waals surface area contributed by atoms with Crippen molar-refractivity contribution in [1.82, 2.24) is 0 Å². The molecule has 5 heteroatoms. The topological polar surface area (TPSA) is 40.5 Å². The number of benzene rings is 2. The Morgan fingerprint density at radius 3 is 2.14 bits per heavy atom. The maximum atomic E-state index is 9.87. The Labute approximate surface area is 142 Å². The van der Waals surface area contributed by atoms with Crippen LogP contribution in [0.1, 0.15) is 11.1 Å². The van der Waals surface area contributed by atoms with Gasteiger partial charge in [-0.2, -0.15) is 0 Å². The fourth-order valence-electron chi connectivity index (χ4n) is 2.30. The normalized spacial score (nSPS) is 11.7. The molecule has 2 rings (SSSR count). The summed E-state index contributed by atoms with van der Waals surface area (Å²) in [6.45, 7) is -0.373. The summed E-state index contributed by atoms with van der Waals surface area (Å²) in [6.07, 6.45) is 0.404. The minimum absolute atomic E-state index is 0.187. The van der Waals surface area contributed by atoms with Gasteiger partial charge in [0, 0.05) is 9.89 Å². The third kappa shape index (κ3) is 3.61. The van der Waals surface area contributed by atoms with Crippen LogP contribution in [0.2, 0.25) is 10.0 Å². The smallest absolute Gasteiger partial charge is 0.0624 e. The van der Waals surface area contributed by atoms with Gasteiger partial charge in [0.2, 0.25) is 0 Å². The highest BCUT2D eigenvalue weighted by Crippen LogP contribution is 2.34. The molecule has 0 atom stereocenters. The highest BCUT2D eigenvalue weighted by Gasteiger charge is 2.32. The molecule has 0 heterocycles. The number of hydrogen-bond acceptors (Lipinski definition) is 2. The van der Waals surface area contributed by atoms with Crippen LogP contribution in [-0.4, -0.2) is 23.4 Å². The van der Waals surface area contributed by atoms with Gasteiger partial charge in [-0.3, -0.25) is 0 Å². The Morgan fingerprint density at radius 1 is 0.952 bits per heavy atom. The molecule has 0 amide bonds. The summed E-state index contributed by atoms with van der Waals surface area (Å²) in [5.41, 5.74) is 0.858. The fourth-order valence-corrected chi connectivity index (χ4v) is 2.95. The van der Waals surface area contributed by atoms with Gasteiger partial charge in [-0.15, -0.1) is 0 Å². The van der Waals surface area contributed by atoms with Crippen molar-refractivity contribution in [3.05, 3.63) is 68.1 Å². The number of rotatable bonds is 5. The van der Waals surface area contributed by atoms with E-state index < -0.39 is 5.41 Å². The van der Waals surface area contributed by atoms with E-state index in [0.29, 0.717) is 16.5 Å². The molecule has 0 unspecified atom stereocenters. The Kier molecular flexibility index (Phi) is 5.69. The number of hydrogen-bond donors (Lipinski definition) is 2. The third-order valence-corrected chi connectivity index (χ3v) is 5.01. The highest BCUT2D eigenvalue weighted by atomic mass is 79.9. The summed E-state index contributed by atoms with van der Waals surface area (Å²) in [5.74, 6) is 0. The maximum Gasteiger partial charge on any atom is 0.0624 e. The Balaban J connectivity index is 2.43. The molecule has 2 aromatic carbocycles. The van der Waals surface area contributed by atoms with Gasteiger partial charge in [-0.1, -0.05) is 63.4 Å². The zero-order valence-corrected chi connectivity index (χ0v) is 14.3. The molecule has 0 aliphatic rings. The summed E-state index contributed by atoms with van der Waals surface area (Å²) in [7, 11) is 0. The lowest BCUT2D eigenvalue weighted by Gasteiger charge is -2.31. The van der Waals surface area contributed by atoms with Gasteiger partial charge < -0.3 is 10.2 Å². The van der Waals surface area contributed by atoms with Crippen LogP contribution in [0.3, 0.4) is 0 Å². The first-order valence-corrected chi connectivity index (χ1v) is 7.98. The second-order valence-electron chi connectivity index (χ2n) is 4.99. The molecule has 2 N–H and O–H groups in total. The predicted octanol–water partition coefficient (Wildman–Crippen LogP) is 4.22. The van der Waals surface area contributed by atoms with E-state index in [9.17, 15) is 10.2 Å². The van der Waals surface area contributed by atoms with Crippen molar-refractivity contribution in [2.45, 2.75) is 11.8 Å². The first kappa shape index (κ1) is 16.8. The van der Waals surface area contributed by atoms with Gasteiger partial charge in [0.1, 0.15) is 0 Å². The summed E-state index contributed by atoms with van der Waals surface area (Å²) in [4.78, 5) is 0. The van der Waals surface area contributed by atoms with Gasteiger partial charge in [0.05, 0.1) is 23.3 Å². The lowest BCUT2D eigenvalue weighted by atomic mass is 9.77. The number of aliphatic hydroxyl groups excluding tert-OH is 2. The molecular formula is C16H15BrCl2O2. The van der Waals surface area contributed by atoms with E-state index in [1.807, 2.05) is 36.4 Å². The molecule has 0 fully saturated rings. The van der Waals surface area contributed by atoms with Crippen molar-refractivity contribution < 1.29 is 10.2 Å². The average Bonchev–Trinajstić information content (AvgIpc) is 2.50. The van der Waals surface area contributed by atoms with E-state index in [-0.39, 0.29) is 13.2 Å². The van der Waals surface area contributed by atoms with Crippen molar-refractivity contribution in [2.24, 2.45) is 0 Å². The Morgan fingerprint density at radius 2 is 1.57 bits per heavy atom. The average molecular weight is 390 g/mol. The van der Waals surface area contributed by atoms with Crippen molar-refractivity contribution >= 4 is 39.1 Å². The first-order chi connectivity index (χ1) is 10.0. The SMILES string of the molecule is OCC(CO)(Cc1cccc(Cl)c1Cl)c1ccc(Br)cc1. The van der Waals surface area contributed by atoms with E-state index in [1.54, 1.807) is 6.07 Å². The van der Waals surface area contributed by atoms with Crippen molar-refractivity contribution in [1.29, 1.82) is 0 Å². The van der Waals surface area contributed by atoms with E-state index in [0.717, 1.165) is 15.6 Å². The van der Waals surface area contributed by atoms with E-state index in [4.69, 9.17) is 23.2 Å². The number of halogens is 3. The van der Waals surface area contributed by atoms with Gasteiger partial charge in [0.25, 0.3) is 0 Å². The van der Waals surface area contributed by atoms with E-state index in [2.05, 4.69) is 15.9 Å². The molecule has 0 saturated carbocycles. The lowest BCUT2D eigenvalue weighted by molar-refractivity contribution is 0.116. The minimum Gasteiger partial charge on any atom is -0.395 e. The van der Waals surface area contributed by atoms with E-state index >= 15 is 0 Å². The van der Waals surface area contributed by atoms with E-state index in [1.165, 1.54) is 0 Å². The zero-order chi connectivity index (χ0) is 15.5. The van der Waals surface area contributed by atoms with Gasteiger partial charge in [-0.05, 0) is 35.7 Å². The highest BCUT2D eigenvalue weighted by molar-refractivity contribution is 9.10. The lowest BCUT2D eigenvalue weighted by Crippen LogP contribution is -2.37. The number of aliphatic hydroxyl groups is 2. The van der Waals surface area contributed by atoms with Crippen LogP contribution >= 0.6 is 39.1 Å². The van der Waals surface area contributed by atoms with Gasteiger partial charge >= 0.3 is 0 Å². The zero-order valence-electron chi connectivity index (χ0n) is 11.2. The summed E-state index contributed by atoms with van der Waals surface area (Å²) >= 11 is 15.6. The molecule has 0 radical (unpaired) electrons. The Hall–Kier alpha value is -0.580. The van der Waals surface area contributed by atoms with Crippen molar-refractivity contribution in [2.75, 3.05) is 13.2 Å². The minimum atomic E-state index is -0.797. The summed E-state index contributed by atoms with van der Waals surface area (Å²) < 4.78 is 0.941. The van der Waals surface area contributed by atoms with Gasteiger partial charge in [-0.25, -0.2) is 0 Å². The van der Waals surface area contributed by atoms with Crippen LogP contribution in [0.15, 0.2) is 46.9 Å². The standard InChI is InChI=1S/C16H15BrCl2O2/c17-13-6-4-12(5-7-13)16(9-20,10-21)8-11-2-1-3-14(18)15(11)19/h1-7,20-21H,8-10H2. The fraction of sp³-hybridized carbons (Fsp3) is 0.250. The second-order valence-corrected chi connectivity index (χ2v) is 6.69. The predicted molar refractivity (Wildman–Crippen MR) is 90.2 cm³/mol. The second kappa shape index (κ2) is 7.12. The molecule has 0 aliphatic heterocycles. The first-order valence-electron chi connectivity index (χ1n) is 6.43. The van der Waals surface area contributed by atoms with Crippen LogP contribution in [0.5, 0.6) is 0 Å². The molecule has 2 nitrogen and oxygen atoms in total. The molecule has 2 aromatic rings. The molecule has 0 aromatic heterocycles. The van der Waals surface area contributed by atoms with Crippen molar-refractivity contribution in [3.8, 4) is 0 Å². The molecule has 112 valence electrons. The van der Waals surface area contributed by atoms with Gasteiger partial charge in [0.15, 0.2) is 0 Å². The maximum absolute atomic E-state index is 9.87. The molecule has 0 bridgehead atoms.